The zero-order chi connectivity index (χ0) is 20.9. The van der Waals surface area contributed by atoms with Crippen LogP contribution >= 0.6 is 11.6 Å². The van der Waals surface area contributed by atoms with E-state index in [-0.39, 0.29) is 24.3 Å². The van der Waals surface area contributed by atoms with E-state index in [1.807, 2.05) is 18.2 Å². The highest BCUT2D eigenvalue weighted by atomic mass is 35.5. The Kier molecular flexibility index (Phi) is 7.51. The third-order valence-electron chi connectivity index (χ3n) is 5.11. The van der Waals surface area contributed by atoms with Crippen LogP contribution in [0, 0.1) is 11.3 Å². The Morgan fingerprint density at radius 2 is 2.14 bits per heavy atom. The average molecular weight is 405 g/mol. The molecule has 5 nitrogen and oxygen atoms in total. The van der Waals surface area contributed by atoms with Crippen LogP contribution < -0.4 is 4.90 Å². The normalized spacial score (nSPS) is 18.4. The van der Waals surface area contributed by atoms with E-state index in [0.717, 1.165) is 25.1 Å². The molecule has 0 aromatic heterocycles. The first kappa shape index (κ1) is 22.3. The highest BCUT2D eigenvalue weighted by Crippen LogP contribution is 2.45. The lowest BCUT2D eigenvalue weighted by Gasteiger charge is -2.47. The molecule has 152 valence electrons. The van der Waals surface area contributed by atoms with Crippen LogP contribution in [0.3, 0.4) is 0 Å². The Hall–Kier alpha value is -2.03. The van der Waals surface area contributed by atoms with Gasteiger partial charge >= 0.3 is 5.97 Å². The standard InChI is InChI=1S/C22H29ClN2O3/c1-6-7-25-20-12-19(23)16(11-18(20)15(2)13-22(25,3)4)10-17(14-24)21(26)28-9-8-27-5/h10-12,15H,6-9,13H2,1-5H3/b17-10-. The summed E-state index contributed by atoms with van der Waals surface area (Å²) in [7, 11) is 1.52. The summed E-state index contributed by atoms with van der Waals surface area (Å²) in [6.45, 7) is 10.2. The molecule has 0 N–H and O–H groups in total. The molecule has 28 heavy (non-hydrogen) atoms. The number of carbonyl (C=O) groups excluding carboxylic acids is 1. The fourth-order valence-corrected chi connectivity index (χ4v) is 4.08. The Morgan fingerprint density at radius 1 is 1.43 bits per heavy atom. The minimum atomic E-state index is -0.671. The van der Waals surface area contributed by atoms with Gasteiger partial charge in [0.2, 0.25) is 0 Å². The second-order valence-corrected chi connectivity index (χ2v) is 8.21. The summed E-state index contributed by atoms with van der Waals surface area (Å²) in [5, 5.41) is 9.89. The number of esters is 1. The number of hydrogen-bond acceptors (Lipinski definition) is 5. The van der Waals surface area contributed by atoms with E-state index in [0.29, 0.717) is 16.5 Å². The number of ether oxygens (including phenoxy) is 2. The monoisotopic (exact) mass is 404 g/mol. The van der Waals surface area contributed by atoms with Crippen molar-refractivity contribution < 1.29 is 14.3 Å². The van der Waals surface area contributed by atoms with Crippen molar-refractivity contribution >= 4 is 29.3 Å². The van der Waals surface area contributed by atoms with Gasteiger partial charge in [0, 0.05) is 29.9 Å². The maximum absolute atomic E-state index is 12.1. The Bertz CT molecular complexity index is 796. The van der Waals surface area contributed by atoms with Crippen molar-refractivity contribution in [2.24, 2.45) is 0 Å². The third-order valence-corrected chi connectivity index (χ3v) is 5.44. The van der Waals surface area contributed by atoms with Gasteiger partial charge in [0.1, 0.15) is 18.2 Å². The lowest BCUT2D eigenvalue weighted by atomic mass is 9.79. The van der Waals surface area contributed by atoms with Gasteiger partial charge in [0.05, 0.1) is 6.61 Å². The van der Waals surface area contributed by atoms with Crippen LogP contribution in [0.5, 0.6) is 0 Å². The van der Waals surface area contributed by atoms with Gasteiger partial charge in [-0.15, -0.1) is 0 Å². The molecular weight excluding hydrogens is 376 g/mol. The van der Waals surface area contributed by atoms with E-state index in [2.05, 4.69) is 32.6 Å². The van der Waals surface area contributed by atoms with Gasteiger partial charge in [0.15, 0.2) is 0 Å². The number of halogens is 1. The largest absolute Gasteiger partial charge is 0.459 e. The minimum absolute atomic E-state index is 0.0477. The lowest BCUT2D eigenvalue weighted by Crippen LogP contribution is -2.48. The van der Waals surface area contributed by atoms with Crippen LogP contribution in [0.15, 0.2) is 17.7 Å². The Balaban J connectivity index is 2.42. The number of nitriles is 1. The van der Waals surface area contributed by atoms with Crippen molar-refractivity contribution in [3.63, 3.8) is 0 Å². The Labute approximate surface area is 172 Å². The summed E-state index contributed by atoms with van der Waals surface area (Å²) in [4.78, 5) is 14.5. The van der Waals surface area contributed by atoms with Crippen LogP contribution in [-0.4, -0.2) is 38.4 Å². The maximum Gasteiger partial charge on any atom is 0.348 e. The topological polar surface area (TPSA) is 62.6 Å². The van der Waals surface area contributed by atoms with Crippen molar-refractivity contribution in [3.05, 3.63) is 33.9 Å². The van der Waals surface area contributed by atoms with Crippen LogP contribution in [0.25, 0.3) is 6.08 Å². The zero-order valence-corrected chi connectivity index (χ0v) is 18.1. The molecule has 2 rings (SSSR count). The minimum Gasteiger partial charge on any atom is -0.459 e. The number of methoxy groups -OCH3 is 1. The van der Waals surface area contributed by atoms with Crippen molar-refractivity contribution in [1.29, 1.82) is 5.26 Å². The molecule has 0 fully saturated rings. The smallest absolute Gasteiger partial charge is 0.348 e. The van der Waals surface area contributed by atoms with Gasteiger partial charge in [-0.3, -0.25) is 0 Å². The van der Waals surface area contributed by atoms with Crippen molar-refractivity contribution in [2.75, 3.05) is 31.8 Å². The van der Waals surface area contributed by atoms with Crippen molar-refractivity contribution in [2.45, 2.75) is 52.0 Å². The predicted octanol–water partition coefficient (Wildman–Crippen LogP) is 4.94. The van der Waals surface area contributed by atoms with Crippen molar-refractivity contribution in [3.8, 4) is 6.07 Å². The molecule has 0 aliphatic carbocycles. The Morgan fingerprint density at radius 3 is 2.75 bits per heavy atom. The lowest BCUT2D eigenvalue weighted by molar-refractivity contribution is -0.139. The first-order valence-corrected chi connectivity index (χ1v) is 10.0. The van der Waals surface area contributed by atoms with Crippen LogP contribution in [0.4, 0.5) is 5.69 Å². The van der Waals surface area contributed by atoms with E-state index in [4.69, 9.17) is 21.1 Å². The molecule has 0 saturated heterocycles. The molecule has 1 heterocycles. The predicted molar refractivity (Wildman–Crippen MR) is 113 cm³/mol. The number of nitrogens with zero attached hydrogens (tertiary/aromatic N) is 2. The van der Waals surface area contributed by atoms with E-state index >= 15 is 0 Å². The van der Waals surface area contributed by atoms with Gasteiger partial charge in [-0.05, 0) is 61.9 Å². The van der Waals surface area contributed by atoms with Gasteiger partial charge in [0.25, 0.3) is 0 Å². The molecule has 1 aliphatic rings. The quantitative estimate of drug-likeness (QED) is 0.279. The molecule has 1 aliphatic heterocycles. The average Bonchev–Trinajstić information content (AvgIpc) is 2.63. The summed E-state index contributed by atoms with van der Waals surface area (Å²) in [5.74, 6) is -0.322. The molecular formula is C22H29ClN2O3. The first-order valence-electron chi connectivity index (χ1n) is 9.64. The summed E-state index contributed by atoms with van der Waals surface area (Å²) in [5.41, 5.74) is 2.95. The molecule has 0 radical (unpaired) electrons. The van der Waals surface area contributed by atoms with E-state index < -0.39 is 5.97 Å². The number of anilines is 1. The van der Waals surface area contributed by atoms with Crippen LogP contribution in [-0.2, 0) is 14.3 Å². The van der Waals surface area contributed by atoms with E-state index in [9.17, 15) is 10.1 Å². The summed E-state index contributed by atoms with van der Waals surface area (Å²) in [6.07, 6.45) is 3.58. The summed E-state index contributed by atoms with van der Waals surface area (Å²) in [6, 6.07) is 5.87. The number of benzene rings is 1. The molecule has 1 aromatic carbocycles. The number of carbonyl (C=O) groups is 1. The van der Waals surface area contributed by atoms with E-state index in [1.54, 1.807) is 0 Å². The van der Waals surface area contributed by atoms with Gasteiger partial charge < -0.3 is 14.4 Å². The molecule has 1 aromatic rings. The molecule has 0 amide bonds. The fourth-order valence-electron chi connectivity index (χ4n) is 3.87. The van der Waals surface area contributed by atoms with Gasteiger partial charge in [-0.2, -0.15) is 5.26 Å². The number of fused-ring (bicyclic) bond motifs is 1. The highest BCUT2D eigenvalue weighted by Gasteiger charge is 2.36. The first-order chi connectivity index (χ1) is 13.2. The SMILES string of the molecule is CCCN1c2cc(Cl)c(/C=C(/C#N)C(=O)OCCOC)cc2C(C)CC1(C)C. The number of hydrogen-bond donors (Lipinski definition) is 0. The summed E-state index contributed by atoms with van der Waals surface area (Å²) < 4.78 is 9.91. The molecule has 0 spiro atoms. The molecule has 0 saturated carbocycles. The fraction of sp³-hybridized carbons (Fsp3) is 0.545. The third kappa shape index (κ3) is 4.87. The van der Waals surface area contributed by atoms with E-state index in [1.165, 1.54) is 18.7 Å². The highest BCUT2D eigenvalue weighted by molar-refractivity contribution is 6.32. The molecule has 1 unspecified atom stereocenters. The van der Waals surface area contributed by atoms with Crippen LogP contribution in [0.2, 0.25) is 5.02 Å². The molecule has 0 bridgehead atoms. The zero-order valence-electron chi connectivity index (χ0n) is 17.3. The van der Waals surface area contributed by atoms with Gasteiger partial charge in [-0.1, -0.05) is 25.4 Å². The molecule has 1 atom stereocenters. The second-order valence-electron chi connectivity index (χ2n) is 7.80. The van der Waals surface area contributed by atoms with Gasteiger partial charge in [-0.25, -0.2) is 4.79 Å². The maximum atomic E-state index is 12.1. The number of rotatable bonds is 7. The second kappa shape index (κ2) is 9.45. The van der Waals surface area contributed by atoms with Crippen molar-refractivity contribution in [1.82, 2.24) is 0 Å². The summed E-state index contributed by atoms with van der Waals surface area (Å²) >= 11 is 6.55. The van der Waals surface area contributed by atoms with Crippen LogP contribution in [0.1, 0.15) is 57.6 Å². The molecule has 6 heteroatoms.